The number of hydrogen-bond acceptors (Lipinski definition) is 5. The van der Waals surface area contributed by atoms with Crippen LogP contribution in [0.3, 0.4) is 0 Å². The molecule has 0 bridgehead atoms. The van der Waals surface area contributed by atoms with Crippen molar-refractivity contribution >= 4 is 35.3 Å². The van der Waals surface area contributed by atoms with Crippen molar-refractivity contribution in [2.24, 2.45) is 5.10 Å². The smallest absolute Gasteiger partial charge is 0.277 e. The number of carbonyl (C=O) groups is 1. The Morgan fingerprint density at radius 1 is 1.12 bits per heavy atom. The molecule has 2 aromatic rings. The second kappa shape index (κ2) is 9.89. The number of hydrazone groups is 1. The van der Waals surface area contributed by atoms with Crippen LogP contribution < -0.4 is 19.6 Å². The van der Waals surface area contributed by atoms with E-state index in [1.165, 1.54) is 12.3 Å². The first-order chi connectivity index (χ1) is 12.5. The van der Waals surface area contributed by atoms with Crippen LogP contribution in [0.5, 0.6) is 17.2 Å². The fourth-order valence-corrected chi connectivity index (χ4v) is 2.45. The van der Waals surface area contributed by atoms with Crippen LogP contribution in [-0.4, -0.2) is 32.4 Å². The van der Waals surface area contributed by atoms with E-state index in [-0.39, 0.29) is 6.61 Å². The van der Waals surface area contributed by atoms with Gasteiger partial charge in [0.1, 0.15) is 5.75 Å². The molecule has 0 aliphatic carbocycles. The highest BCUT2D eigenvalue weighted by atomic mass is 35.5. The minimum absolute atomic E-state index is 0.231. The number of benzene rings is 2. The highest BCUT2D eigenvalue weighted by molar-refractivity contribution is 6.35. The molecule has 138 valence electrons. The largest absolute Gasteiger partial charge is 0.493 e. The molecule has 26 heavy (non-hydrogen) atoms. The zero-order valence-corrected chi connectivity index (χ0v) is 15.8. The lowest BCUT2D eigenvalue weighted by Crippen LogP contribution is -2.24. The number of hydrogen-bond donors (Lipinski definition) is 1. The van der Waals surface area contributed by atoms with Crippen LogP contribution in [0.2, 0.25) is 10.0 Å². The molecule has 8 heteroatoms. The summed E-state index contributed by atoms with van der Waals surface area (Å²) < 4.78 is 16.0. The molecule has 2 aromatic carbocycles. The second-order valence-electron chi connectivity index (χ2n) is 5.00. The first-order valence-corrected chi connectivity index (χ1v) is 8.49. The molecule has 0 spiro atoms. The van der Waals surface area contributed by atoms with E-state index in [0.717, 1.165) is 5.56 Å². The Balaban J connectivity index is 1.88. The van der Waals surface area contributed by atoms with Gasteiger partial charge in [-0.05, 0) is 48.9 Å². The van der Waals surface area contributed by atoms with Crippen molar-refractivity contribution in [3.63, 3.8) is 0 Å². The molecular weight excluding hydrogens is 379 g/mol. The Kier molecular flexibility index (Phi) is 7.56. The average Bonchev–Trinajstić information content (AvgIpc) is 2.62. The van der Waals surface area contributed by atoms with Crippen molar-refractivity contribution in [1.29, 1.82) is 0 Å². The third-order valence-electron chi connectivity index (χ3n) is 3.14. The summed E-state index contributed by atoms with van der Waals surface area (Å²) in [6.07, 6.45) is 1.49. The van der Waals surface area contributed by atoms with Crippen LogP contribution in [0.1, 0.15) is 12.5 Å². The minimum Gasteiger partial charge on any atom is -0.493 e. The van der Waals surface area contributed by atoms with E-state index in [9.17, 15) is 4.79 Å². The molecule has 0 atom stereocenters. The third kappa shape index (κ3) is 5.82. The van der Waals surface area contributed by atoms with E-state index in [1.54, 1.807) is 37.4 Å². The van der Waals surface area contributed by atoms with E-state index in [2.05, 4.69) is 10.5 Å². The predicted octanol–water partition coefficient (Wildman–Crippen LogP) is 3.93. The maximum Gasteiger partial charge on any atom is 0.277 e. The fraction of sp³-hybridized carbons (Fsp3) is 0.222. The Morgan fingerprint density at radius 3 is 2.58 bits per heavy atom. The summed E-state index contributed by atoms with van der Waals surface area (Å²) in [5, 5.41) is 4.70. The van der Waals surface area contributed by atoms with Crippen molar-refractivity contribution in [3.05, 3.63) is 52.0 Å². The number of carbonyl (C=O) groups excluding carboxylic acids is 1. The standard InChI is InChI=1S/C18H18Cl2N2O4/c1-3-25-16-6-4-12(8-17(16)24-2)10-21-22-18(23)11-26-15-7-5-13(19)9-14(15)20/h4-10H,3,11H2,1-2H3,(H,22,23). The SMILES string of the molecule is CCOc1ccc(C=NNC(=O)COc2ccc(Cl)cc2Cl)cc1OC. The highest BCUT2D eigenvalue weighted by Crippen LogP contribution is 2.28. The molecule has 0 aromatic heterocycles. The predicted molar refractivity (Wildman–Crippen MR) is 102 cm³/mol. The molecule has 0 aliphatic heterocycles. The van der Waals surface area contributed by atoms with Crippen molar-refractivity contribution in [2.45, 2.75) is 6.92 Å². The van der Waals surface area contributed by atoms with Crippen LogP contribution >= 0.6 is 23.2 Å². The van der Waals surface area contributed by atoms with Gasteiger partial charge in [-0.25, -0.2) is 5.43 Å². The molecule has 6 nitrogen and oxygen atoms in total. The molecule has 0 aliphatic rings. The van der Waals surface area contributed by atoms with Gasteiger partial charge in [-0.2, -0.15) is 5.10 Å². The lowest BCUT2D eigenvalue weighted by Gasteiger charge is -2.09. The molecule has 0 heterocycles. The lowest BCUT2D eigenvalue weighted by molar-refractivity contribution is -0.123. The van der Waals surface area contributed by atoms with Crippen molar-refractivity contribution in [3.8, 4) is 17.2 Å². The van der Waals surface area contributed by atoms with Gasteiger partial charge in [-0.3, -0.25) is 4.79 Å². The van der Waals surface area contributed by atoms with Gasteiger partial charge in [-0.1, -0.05) is 23.2 Å². The summed E-state index contributed by atoms with van der Waals surface area (Å²) in [5.41, 5.74) is 3.12. The normalized spacial score (nSPS) is 10.6. The fourth-order valence-electron chi connectivity index (χ4n) is 1.99. The van der Waals surface area contributed by atoms with Gasteiger partial charge in [0, 0.05) is 5.02 Å². The van der Waals surface area contributed by atoms with Gasteiger partial charge in [-0.15, -0.1) is 0 Å². The summed E-state index contributed by atoms with van der Waals surface area (Å²) in [4.78, 5) is 11.8. The zero-order chi connectivity index (χ0) is 18.9. The van der Waals surface area contributed by atoms with Crippen LogP contribution in [0.25, 0.3) is 0 Å². The Bertz CT molecular complexity index is 797. The second-order valence-corrected chi connectivity index (χ2v) is 5.84. The Hall–Kier alpha value is -2.44. The summed E-state index contributed by atoms with van der Waals surface area (Å²) in [7, 11) is 1.56. The topological polar surface area (TPSA) is 69.2 Å². The maximum atomic E-state index is 11.8. The van der Waals surface area contributed by atoms with Crippen molar-refractivity contribution in [2.75, 3.05) is 20.3 Å². The number of halogens is 2. The lowest BCUT2D eigenvalue weighted by atomic mass is 10.2. The average molecular weight is 397 g/mol. The number of nitrogens with one attached hydrogen (secondary N) is 1. The molecule has 1 amide bonds. The Morgan fingerprint density at radius 2 is 1.88 bits per heavy atom. The van der Waals surface area contributed by atoms with Crippen LogP contribution in [0.15, 0.2) is 41.5 Å². The van der Waals surface area contributed by atoms with Gasteiger partial charge >= 0.3 is 0 Å². The van der Waals surface area contributed by atoms with E-state index in [4.69, 9.17) is 37.4 Å². The minimum atomic E-state index is -0.426. The molecule has 0 radical (unpaired) electrons. The number of methoxy groups -OCH3 is 1. The highest BCUT2D eigenvalue weighted by Gasteiger charge is 2.06. The van der Waals surface area contributed by atoms with E-state index >= 15 is 0 Å². The molecule has 0 fully saturated rings. The van der Waals surface area contributed by atoms with Gasteiger partial charge < -0.3 is 14.2 Å². The van der Waals surface area contributed by atoms with Crippen molar-refractivity contribution < 1.29 is 19.0 Å². The van der Waals surface area contributed by atoms with E-state index < -0.39 is 5.91 Å². The third-order valence-corrected chi connectivity index (χ3v) is 3.67. The van der Waals surface area contributed by atoms with Gasteiger partial charge in [0.2, 0.25) is 0 Å². The number of ether oxygens (including phenoxy) is 3. The quantitative estimate of drug-likeness (QED) is 0.541. The summed E-state index contributed by atoms with van der Waals surface area (Å²) >= 11 is 11.8. The first kappa shape index (κ1) is 19.9. The Labute approximate surface area is 161 Å². The summed E-state index contributed by atoms with van der Waals surface area (Å²) in [6.45, 7) is 2.20. The van der Waals surface area contributed by atoms with Gasteiger partial charge in [0.25, 0.3) is 5.91 Å². The molecule has 0 unspecified atom stereocenters. The van der Waals surface area contributed by atoms with Gasteiger partial charge in [0.05, 0.1) is 25.0 Å². The van der Waals surface area contributed by atoms with Crippen molar-refractivity contribution in [1.82, 2.24) is 5.43 Å². The molecule has 0 saturated carbocycles. The molecule has 0 saturated heterocycles. The maximum absolute atomic E-state index is 11.8. The van der Waals surface area contributed by atoms with E-state index in [1.807, 2.05) is 6.92 Å². The molecule has 1 N–H and O–H groups in total. The summed E-state index contributed by atoms with van der Waals surface area (Å²) in [5.74, 6) is 1.17. The number of amides is 1. The number of nitrogens with zero attached hydrogens (tertiary/aromatic N) is 1. The van der Waals surface area contributed by atoms with Crippen LogP contribution in [-0.2, 0) is 4.79 Å². The number of rotatable bonds is 8. The van der Waals surface area contributed by atoms with Crippen LogP contribution in [0.4, 0.5) is 0 Å². The van der Waals surface area contributed by atoms with Crippen LogP contribution in [0, 0.1) is 0 Å². The summed E-state index contributed by atoms with van der Waals surface area (Å²) in [6, 6.07) is 10.1. The van der Waals surface area contributed by atoms with E-state index in [0.29, 0.717) is 33.9 Å². The van der Waals surface area contributed by atoms with Gasteiger partial charge in [0.15, 0.2) is 18.1 Å². The molecule has 2 rings (SSSR count). The molecular formula is C18H18Cl2N2O4. The first-order valence-electron chi connectivity index (χ1n) is 7.74. The monoisotopic (exact) mass is 396 g/mol. The zero-order valence-electron chi connectivity index (χ0n) is 14.3.